The molecule has 0 fully saturated rings. The number of halogens is 2. The van der Waals surface area contributed by atoms with E-state index in [1.165, 1.54) is 0 Å². The van der Waals surface area contributed by atoms with Gasteiger partial charge in [-0.3, -0.25) is 9.59 Å². The van der Waals surface area contributed by atoms with E-state index in [-0.39, 0.29) is 10.1 Å². The van der Waals surface area contributed by atoms with Gasteiger partial charge in [-0.05, 0) is 6.92 Å². The number of benzene rings is 1. The van der Waals surface area contributed by atoms with E-state index in [9.17, 15) is 9.59 Å². The Kier molecular flexibility index (Phi) is 4.67. The molecule has 88 valence electrons. The lowest BCUT2D eigenvalue weighted by molar-refractivity contribution is 0.0987. The molecule has 0 N–H and O–H groups in total. The summed E-state index contributed by atoms with van der Waals surface area (Å²) in [5, 5.41) is -0.397. The van der Waals surface area contributed by atoms with Crippen molar-refractivity contribution >= 4 is 34.8 Å². The number of carbonyl (C=O) groups is 2. The molecule has 1 aliphatic carbocycles. The van der Waals surface area contributed by atoms with Crippen molar-refractivity contribution in [1.29, 1.82) is 0 Å². The summed E-state index contributed by atoms with van der Waals surface area (Å²) in [6.45, 7) is 5.25. The molecule has 0 amide bonds. The predicted octanol–water partition coefficient (Wildman–Crippen LogP) is 3.95. The van der Waals surface area contributed by atoms with Gasteiger partial charge in [-0.15, -0.1) is 6.58 Å². The van der Waals surface area contributed by atoms with E-state index in [2.05, 4.69) is 6.58 Å². The monoisotopic (exact) mass is 268 g/mol. The van der Waals surface area contributed by atoms with Crippen molar-refractivity contribution in [2.24, 2.45) is 0 Å². The van der Waals surface area contributed by atoms with Crippen LogP contribution in [0.25, 0.3) is 0 Å². The number of fused-ring (bicyclic) bond motifs is 1. The molecule has 0 bridgehead atoms. The minimum Gasteiger partial charge on any atom is -0.288 e. The van der Waals surface area contributed by atoms with Crippen LogP contribution in [0.2, 0.25) is 0 Å². The average molecular weight is 269 g/mol. The van der Waals surface area contributed by atoms with Crippen LogP contribution in [0.4, 0.5) is 0 Å². The highest BCUT2D eigenvalue weighted by Gasteiger charge is 2.29. The maximum Gasteiger partial charge on any atom is 0.206 e. The number of carbonyl (C=O) groups excluding carboxylic acids is 2. The molecule has 4 heteroatoms. The number of rotatable bonds is 0. The molecule has 2 rings (SSSR count). The molecule has 1 aromatic carbocycles. The van der Waals surface area contributed by atoms with Crippen LogP contribution in [0.1, 0.15) is 27.6 Å². The molecule has 0 heterocycles. The highest BCUT2D eigenvalue weighted by Crippen LogP contribution is 2.30. The fourth-order valence-corrected chi connectivity index (χ4v) is 1.69. The van der Waals surface area contributed by atoms with Crippen LogP contribution in [0.3, 0.4) is 0 Å². The molecule has 0 saturated carbocycles. The van der Waals surface area contributed by atoms with Crippen LogP contribution in [-0.2, 0) is 0 Å². The standard InChI is InChI=1S/C10H4Cl2O2.C3H6/c11-7-8(12)10(14)6-4-2-1-3-5(6)9(7)13;1-3-2/h1-4H;3H,1H2,2H3. The molecule has 2 nitrogen and oxygen atoms in total. The van der Waals surface area contributed by atoms with Crippen molar-refractivity contribution in [2.45, 2.75) is 6.92 Å². The Hall–Kier alpha value is -1.38. The van der Waals surface area contributed by atoms with E-state index in [1.54, 1.807) is 30.3 Å². The smallest absolute Gasteiger partial charge is 0.206 e. The van der Waals surface area contributed by atoms with Gasteiger partial charge in [0, 0.05) is 11.1 Å². The van der Waals surface area contributed by atoms with E-state index in [1.807, 2.05) is 6.92 Å². The zero-order valence-corrected chi connectivity index (χ0v) is 10.7. The Morgan fingerprint density at radius 2 is 1.29 bits per heavy atom. The van der Waals surface area contributed by atoms with Crippen molar-refractivity contribution < 1.29 is 9.59 Å². The summed E-state index contributed by atoms with van der Waals surface area (Å²) < 4.78 is 0. The number of allylic oxidation sites excluding steroid dienone is 3. The Labute approximate surface area is 110 Å². The fourth-order valence-electron chi connectivity index (χ4n) is 1.31. The topological polar surface area (TPSA) is 34.1 Å². The first kappa shape index (κ1) is 13.7. The van der Waals surface area contributed by atoms with Gasteiger partial charge in [0.1, 0.15) is 10.1 Å². The summed E-state index contributed by atoms with van der Waals surface area (Å²) in [6, 6.07) is 6.46. The number of hydrogen-bond acceptors (Lipinski definition) is 2. The highest BCUT2D eigenvalue weighted by atomic mass is 35.5. The Balaban J connectivity index is 0.000000437. The third kappa shape index (κ3) is 2.65. The Morgan fingerprint density at radius 1 is 1.00 bits per heavy atom. The van der Waals surface area contributed by atoms with Crippen LogP contribution in [-0.4, -0.2) is 11.6 Å². The summed E-state index contributed by atoms with van der Waals surface area (Å²) >= 11 is 11.2. The summed E-state index contributed by atoms with van der Waals surface area (Å²) in [5.41, 5.74) is 0.624. The van der Waals surface area contributed by atoms with Crippen molar-refractivity contribution in [3.8, 4) is 0 Å². The van der Waals surface area contributed by atoms with E-state index < -0.39 is 11.6 Å². The minimum absolute atomic E-state index is 0.199. The predicted molar refractivity (Wildman–Crippen MR) is 69.7 cm³/mol. The van der Waals surface area contributed by atoms with Gasteiger partial charge >= 0.3 is 0 Å². The lowest BCUT2D eigenvalue weighted by Gasteiger charge is -2.12. The molecular formula is C13H10Cl2O2. The van der Waals surface area contributed by atoms with Gasteiger partial charge in [-0.1, -0.05) is 53.5 Å². The van der Waals surface area contributed by atoms with Crippen LogP contribution in [0.15, 0.2) is 47.0 Å². The van der Waals surface area contributed by atoms with E-state index in [0.29, 0.717) is 11.1 Å². The van der Waals surface area contributed by atoms with E-state index >= 15 is 0 Å². The second-order valence-electron chi connectivity index (χ2n) is 3.24. The minimum atomic E-state index is -0.396. The van der Waals surface area contributed by atoms with Gasteiger partial charge in [-0.25, -0.2) is 0 Å². The van der Waals surface area contributed by atoms with Crippen LogP contribution < -0.4 is 0 Å². The lowest BCUT2D eigenvalue weighted by Crippen LogP contribution is -2.17. The number of Topliss-reactive ketones (excluding diaryl/α,β-unsaturated/α-hetero) is 2. The first-order valence-electron chi connectivity index (χ1n) is 4.85. The largest absolute Gasteiger partial charge is 0.288 e. The van der Waals surface area contributed by atoms with E-state index in [4.69, 9.17) is 23.2 Å². The Morgan fingerprint density at radius 3 is 1.59 bits per heavy atom. The molecule has 0 radical (unpaired) electrons. The van der Waals surface area contributed by atoms with Gasteiger partial charge in [0.15, 0.2) is 0 Å². The molecule has 1 aromatic rings. The molecule has 0 aromatic heterocycles. The van der Waals surface area contributed by atoms with Gasteiger partial charge in [0.05, 0.1) is 0 Å². The second kappa shape index (κ2) is 5.80. The highest BCUT2D eigenvalue weighted by molar-refractivity contribution is 6.59. The van der Waals surface area contributed by atoms with Crippen LogP contribution in [0, 0.1) is 0 Å². The normalized spacial score (nSPS) is 13.8. The number of hydrogen-bond donors (Lipinski definition) is 0. The zero-order chi connectivity index (χ0) is 13.0. The van der Waals surface area contributed by atoms with Gasteiger partial charge < -0.3 is 0 Å². The lowest BCUT2D eigenvalue weighted by atomic mass is 9.95. The van der Waals surface area contributed by atoms with Gasteiger partial charge in [0.25, 0.3) is 0 Å². The molecule has 0 saturated heterocycles. The first-order chi connectivity index (χ1) is 8.04. The maximum absolute atomic E-state index is 11.5. The summed E-state index contributed by atoms with van der Waals surface area (Å²) in [5.74, 6) is -0.793. The quantitative estimate of drug-likeness (QED) is 0.668. The molecule has 0 spiro atoms. The third-order valence-corrected chi connectivity index (χ3v) is 2.83. The van der Waals surface area contributed by atoms with Crippen molar-refractivity contribution in [3.63, 3.8) is 0 Å². The first-order valence-corrected chi connectivity index (χ1v) is 5.61. The molecule has 0 atom stereocenters. The fraction of sp³-hybridized carbons (Fsp3) is 0.0769. The summed E-state index contributed by atoms with van der Waals surface area (Å²) in [7, 11) is 0. The summed E-state index contributed by atoms with van der Waals surface area (Å²) in [6.07, 6.45) is 1.75. The summed E-state index contributed by atoms with van der Waals surface area (Å²) in [4.78, 5) is 23.1. The zero-order valence-electron chi connectivity index (χ0n) is 9.17. The van der Waals surface area contributed by atoms with Crippen LogP contribution in [0.5, 0.6) is 0 Å². The molecule has 1 aliphatic rings. The van der Waals surface area contributed by atoms with Gasteiger partial charge in [0.2, 0.25) is 11.6 Å². The van der Waals surface area contributed by atoms with Gasteiger partial charge in [-0.2, -0.15) is 0 Å². The SMILES string of the molecule is C=CC.O=C1C(Cl)=C(Cl)C(=O)c2ccccc21. The third-order valence-electron chi connectivity index (χ3n) is 2.01. The van der Waals surface area contributed by atoms with Crippen LogP contribution >= 0.6 is 23.2 Å². The van der Waals surface area contributed by atoms with E-state index in [0.717, 1.165) is 0 Å². The second-order valence-corrected chi connectivity index (χ2v) is 4.00. The Bertz CT molecular complexity index is 473. The number of ketones is 2. The molecule has 17 heavy (non-hydrogen) atoms. The van der Waals surface area contributed by atoms with Crippen molar-refractivity contribution in [1.82, 2.24) is 0 Å². The molecular weight excluding hydrogens is 259 g/mol. The maximum atomic E-state index is 11.5. The molecule has 0 unspecified atom stereocenters. The van der Waals surface area contributed by atoms with Crippen molar-refractivity contribution in [3.05, 3.63) is 58.1 Å². The molecule has 0 aliphatic heterocycles. The van der Waals surface area contributed by atoms with Crippen molar-refractivity contribution in [2.75, 3.05) is 0 Å². The average Bonchev–Trinajstić information content (AvgIpc) is 2.35.